The van der Waals surface area contributed by atoms with Crippen molar-refractivity contribution in [3.05, 3.63) is 12.2 Å². The third-order valence-electron chi connectivity index (χ3n) is 8.29. The Morgan fingerprint density at radius 3 is 2.64 bits per heavy atom. The Morgan fingerprint density at radius 2 is 1.91 bits per heavy atom. The minimum atomic E-state index is -0.476. The normalized spacial score (nSPS) is 59.9. The van der Waals surface area contributed by atoms with Crippen LogP contribution in [0.2, 0.25) is 0 Å². The highest BCUT2D eigenvalue weighted by Gasteiger charge is 2.77. The molecule has 7 aliphatic carbocycles. The number of carbonyl (C=O) groups excluding carboxylic acids is 1. The molecule has 8 unspecified atom stereocenters. The summed E-state index contributed by atoms with van der Waals surface area (Å²) in [5.41, 5.74) is -0.0278. The first-order chi connectivity index (χ1) is 10.3. The predicted molar refractivity (Wildman–Crippen MR) is 81.8 cm³/mol. The molecular formula is C19H26O3. The first-order valence-corrected chi connectivity index (χ1v) is 8.89. The number of aliphatic hydroxyl groups is 1. The van der Waals surface area contributed by atoms with Crippen LogP contribution in [0.25, 0.3) is 0 Å². The van der Waals surface area contributed by atoms with Crippen LogP contribution in [-0.4, -0.2) is 22.3 Å². The second-order valence-electron chi connectivity index (χ2n) is 9.40. The van der Waals surface area contributed by atoms with Crippen molar-refractivity contribution in [1.82, 2.24) is 0 Å². The van der Waals surface area contributed by atoms with Gasteiger partial charge in [0.2, 0.25) is 0 Å². The molecule has 3 heteroatoms. The van der Waals surface area contributed by atoms with Crippen LogP contribution in [-0.2, 0) is 9.53 Å². The largest absolute Gasteiger partial charge is 0.456 e. The molecule has 8 bridgehead atoms. The van der Waals surface area contributed by atoms with Crippen molar-refractivity contribution >= 4 is 5.97 Å². The Morgan fingerprint density at radius 1 is 1.18 bits per heavy atom. The Kier molecular flexibility index (Phi) is 2.24. The molecule has 1 N–H and O–H groups in total. The molecule has 0 amide bonds. The molecule has 0 saturated heterocycles. The SMILES string of the molecule is C=C(C)C(=O)OC12CC3C4CC5CC3(C)C(C1)C(O)(C5)C4C2. The third-order valence-corrected chi connectivity index (χ3v) is 8.29. The van der Waals surface area contributed by atoms with Crippen LogP contribution in [0.5, 0.6) is 0 Å². The number of esters is 1. The van der Waals surface area contributed by atoms with Gasteiger partial charge in [-0.1, -0.05) is 13.5 Å². The average molecular weight is 302 g/mol. The highest BCUT2D eigenvalue weighted by molar-refractivity contribution is 5.87. The quantitative estimate of drug-likeness (QED) is 0.630. The van der Waals surface area contributed by atoms with Crippen LogP contribution in [0, 0.1) is 35.0 Å². The van der Waals surface area contributed by atoms with Crippen molar-refractivity contribution in [2.75, 3.05) is 0 Å². The number of ether oxygens (including phenoxy) is 1. The zero-order chi connectivity index (χ0) is 15.5. The van der Waals surface area contributed by atoms with Crippen molar-refractivity contribution in [3.8, 4) is 0 Å². The van der Waals surface area contributed by atoms with Gasteiger partial charge in [0.05, 0.1) is 5.60 Å². The Balaban J connectivity index is 1.57. The van der Waals surface area contributed by atoms with E-state index in [1.54, 1.807) is 6.92 Å². The molecule has 0 radical (unpaired) electrons. The zero-order valence-electron chi connectivity index (χ0n) is 13.6. The maximum Gasteiger partial charge on any atom is 0.333 e. The van der Waals surface area contributed by atoms with Gasteiger partial charge < -0.3 is 9.84 Å². The lowest BCUT2D eigenvalue weighted by atomic mass is 9.29. The molecule has 7 saturated carbocycles. The molecule has 7 fully saturated rings. The minimum absolute atomic E-state index is 0.240. The standard InChI is InChI=1S/C19H26O3/c1-10(2)16(20)22-18-7-13-12-4-11-5-17(13,3)15(9-18)19(21,6-11)14(12)8-18/h11-15,21H,1,4-9H2,2-3H3. The second kappa shape index (κ2) is 3.63. The Hall–Kier alpha value is -0.830. The average Bonchev–Trinajstić information content (AvgIpc) is 2.43. The van der Waals surface area contributed by atoms with Crippen LogP contribution >= 0.6 is 0 Å². The van der Waals surface area contributed by atoms with Gasteiger partial charge in [-0.05, 0) is 80.5 Å². The molecule has 120 valence electrons. The van der Waals surface area contributed by atoms with Gasteiger partial charge in [0.25, 0.3) is 0 Å². The molecule has 22 heavy (non-hydrogen) atoms. The molecular weight excluding hydrogens is 276 g/mol. The van der Waals surface area contributed by atoms with E-state index in [0.29, 0.717) is 29.2 Å². The van der Waals surface area contributed by atoms with E-state index in [9.17, 15) is 9.90 Å². The number of hydrogen-bond donors (Lipinski definition) is 1. The molecule has 0 heterocycles. The van der Waals surface area contributed by atoms with E-state index >= 15 is 0 Å². The second-order valence-corrected chi connectivity index (χ2v) is 9.40. The molecule has 0 spiro atoms. The summed E-state index contributed by atoms with van der Waals surface area (Å²) in [6, 6.07) is 0. The summed E-state index contributed by atoms with van der Waals surface area (Å²) in [6.07, 6.45) is 6.33. The highest BCUT2D eigenvalue weighted by Crippen LogP contribution is 2.78. The minimum Gasteiger partial charge on any atom is -0.456 e. The first kappa shape index (κ1) is 13.6. The fraction of sp³-hybridized carbons (Fsp3) is 0.842. The van der Waals surface area contributed by atoms with E-state index in [2.05, 4.69) is 13.5 Å². The smallest absolute Gasteiger partial charge is 0.333 e. The van der Waals surface area contributed by atoms with Gasteiger partial charge >= 0.3 is 5.97 Å². The summed E-state index contributed by atoms with van der Waals surface area (Å²) in [6.45, 7) is 7.88. The summed E-state index contributed by atoms with van der Waals surface area (Å²) in [5.74, 6) is 2.47. The van der Waals surface area contributed by atoms with E-state index in [0.717, 1.165) is 31.6 Å². The molecule has 0 aliphatic heterocycles. The van der Waals surface area contributed by atoms with E-state index in [4.69, 9.17) is 4.74 Å². The van der Waals surface area contributed by atoms with Gasteiger partial charge in [0, 0.05) is 5.57 Å². The van der Waals surface area contributed by atoms with Gasteiger partial charge in [-0.25, -0.2) is 4.79 Å². The van der Waals surface area contributed by atoms with E-state index in [1.165, 1.54) is 12.8 Å². The van der Waals surface area contributed by atoms with Crippen molar-refractivity contribution in [2.45, 2.75) is 63.6 Å². The van der Waals surface area contributed by atoms with Crippen molar-refractivity contribution < 1.29 is 14.6 Å². The molecule has 0 aromatic heterocycles. The van der Waals surface area contributed by atoms with Gasteiger partial charge in [-0.3, -0.25) is 0 Å². The van der Waals surface area contributed by atoms with Crippen LogP contribution in [0.3, 0.4) is 0 Å². The number of carbonyl (C=O) groups is 1. The number of rotatable bonds is 2. The fourth-order valence-electron chi connectivity index (χ4n) is 7.81. The summed E-state index contributed by atoms with van der Waals surface area (Å²) >= 11 is 0. The van der Waals surface area contributed by atoms with E-state index in [1.807, 2.05) is 0 Å². The lowest BCUT2D eigenvalue weighted by Gasteiger charge is -2.78. The zero-order valence-corrected chi connectivity index (χ0v) is 13.6. The van der Waals surface area contributed by atoms with E-state index in [-0.39, 0.29) is 17.0 Å². The first-order valence-electron chi connectivity index (χ1n) is 8.89. The van der Waals surface area contributed by atoms with E-state index < -0.39 is 5.60 Å². The summed E-state index contributed by atoms with van der Waals surface area (Å²) in [5, 5.41) is 11.5. The summed E-state index contributed by atoms with van der Waals surface area (Å²) in [7, 11) is 0. The predicted octanol–water partition coefficient (Wildman–Crippen LogP) is 3.07. The molecule has 7 rings (SSSR count). The van der Waals surface area contributed by atoms with Crippen molar-refractivity contribution in [1.29, 1.82) is 0 Å². The molecule has 8 atom stereocenters. The van der Waals surface area contributed by atoms with Crippen LogP contribution < -0.4 is 0 Å². The molecule has 0 aromatic carbocycles. The van der Waals surface area contributed by atoms with Crippen LogP contribution in [0.15, 0.2) is 12.2 Å². The van der Waals surface area contributed by atoms with Gasteiger partial charge in [0.15, 0.2) is 0 Å². The molecule has 3 nitrogen and oxygen atoms in total. The maximum absolute atomic E-state index is 12.1. The Labute approximate surface area is 132 Å². The lowest BCUT2D eigenvalue weighted by Crippen LogP contribution is -2.78. The maximum atomic E-state index is 12.1. The molecule has 0 aromatic rings. The topological polar surface area (TPSA) is 46.5 Å². The van der Waals surface area contributed by atoms with Crippen molar-refractivity contribution in [3.63, 3.8) is 0 Å². The fourth-order valence-corrected chi connectivity index (χ4v) is 7.81. The van der Waals surface area contributed by atoms with Crippen LogP contribution in [0.1, 0.15) is 52.4 Å². The monoisotopic (exact) mass is 302 g/mol. The summed E-state index contributed by atoms with van der Waals surface area (Å²) < 4.78 is 5.98. The molecule has 7 aliphatic rings. The highest BCUT2D eigenvalue weighted by atomic mass is 16.6. The van der Waals surface area contributed by atoms with Crippen molar-refractivity contribution in [2.24, 2.45) is 35.0 Å². The van der Waals surface area contributed by atoms with Gasteiger partial charge in [0.1, 0.15) is 5.60 Å². The number of hydrogen-bond acceptors (Lipinski definition) is 3. The van der Waals surface area contributed by atoms with Gasteiger partial charge in [-0.15, -0.1) is 0 Å². The Bertz CT molecular complexity index is 565. The van der Waals surface area contributed by atoms with Crippen LogP contribution in [0.4, 0.5) is 0 Å². The summed E-state index contributed by atoms with van der Waals surface area (Å²) in [4.78, 5) is 12.1. The lowest BCUT2D eigenvalue weighted by molar-refractivity contribution is -0.349. The van der Waals surface area contributed by atoms with Gasteiger partial charge in [-0.2, -0.15) is 0 Å². The third kappa shape index (κ3) is 1.32.